The number of rotatable bonds is 6. The molecule has 0 unspecified atom stereocenters. The van der Waals surface area contributed by atoms with E-state index in [1.165, 1.54) is 12.0 Å². The van der Waals surface area contributed by atoms with Crippen LogP contribution in [0.3, 0.4) is 0 Å². The fourth-order valence-corrected chi connectivity index (χ4v) is 2.99. The van der Waals surface area contributed by atoms with E-state index in [2.05, 4.69) is 27.5 Å². The zero-order valence-corrected chi connectivity index (χ0v) is 18.1. The molecule has 3 N–H and O–H groups in total. The van der Waals surface area contributed by atoms with E-state index in [-0.39, 0.29) is 29.7 Å². The second-order valence-electron chi connectivity index (χ2n) is 5.30. The molecular weight excluding hydrogens is 451 g/mol. The highest BCUT2D eigenvalue weighted by atomic mass is 127. The van der Waals surface area contributed by atoms with Gasteiger partial charge in [0.15, 0.2) is 17.5 Å². The quantitative estimate of drug-likeness (QED) is 0.339. The fourth-order valence-electron chi connectivity index (χ4n) is 2.12. The Morgan fingerprint density at radius 1 is 1.32 bits per heavy atom. The third-order valence-corrected chi connectivity index (χ3v) is 4.56. The Morgan fingerprint density at radius 3 is 2.64 bits per heavy atom. The second kappa shape index (κ2) is 10.4. The van der Waals surface area contributed by atoms with E-state index < -0.39 is 0 Å². The van der Waals surface area contributed by atoms with Crippen molar-refractivity contribution in [3.63, 3.8) is 0 Å². The number of benzene rings is 1. The second-order valence-corrected chi connectivity index (χ2v) is 6.59. The number of aryl methyl sites for hydroxylation is 2. The van der Waals surface area contributed by atoms with Crippen LogP contribution in [0.4, 0.5) is 0 Å². The number of phenolic OH excluding ortho intramolecular Hbond substituents is 1. The molecule has 8 heteroatoms. The Bertz CT molecular complexity index is 699. The number of nitrogens with zero attached hydrogens (tertiary/aromatic N) is 2. The number of methoxy groups -OCH3 is 1. The minimum atomic E-state index is 0. The van der Waals surface area contributed by atoms with Gasteiger partial charge in [-0.05, 0) is 38.5 Å². The van der Waals surface area contributed by atoms with Gasteiger partial charge in [-0.3, -0.25) is 0 Å². The summed E-state index contributed by atoms with van der Waals surface area (Å²) in [6.45, 7) is 7.99. The average Bonchev–Trinajstić information content (AvgIpc) is 2.88. The standard InChI is InChI=1S/C17H24N4O2S.HI/c1-5-18-17(20-10-16-21-11(2)12(3)24-16)19-9-13-6-7-15(23-4)14(22)8-13;/h6-8,22H,5,9-10H2,1-4H3,(H2,18,19,20);1H. The van der Waals surface area contributed by atoms with E-state index in [0.717, 1.165) is 28.8 Å². The van der Waals surface area contributed by atoms with Gasteiger partial charge in [0.05, 0.1) is 25.9 Å². The summed E-state index contributed by atoms with van der Waals surface area (Å²) < 4.78 is 5.05. The van der Waals surface area contributed by atoms with Gasteiger partial charge in [0.25, 0.3) is 0 Å². The minimum absolute atomic E-state index is 0. The van der Waals surface area contributed by atoms with Crippen LogP contribution in [0, 0.1) is 13.8 Å². The number of guanidine groups is 1. The van der Waals surface area contributed by atoms with Crippen molar-refractivity contribution in [3.8, 4) is 11.5 Å². The topological polar surface area (TPSA) is 78.8 Å². The molecule has 6 nitrogen and oxygen atoms in total. The van der Waals surface area contributed by atoms with Gasteiger partial charge in [-0.25, -0.2) is 9.98 Å². The highest BCUT2D eigenvalue weighted by molar-refractivity contribution is 14.0. The van der Waals surface area contributed by atoms with E-state index >= 15 is 0 Å². The number of ether oxygens (including phenoxy) is 1. The van der Waals surface area contributed by atoms with Crippen LogP contribution in [0.15, 0.2) is 23.2 Å². The van der Waals surface area contributed by atoms with Crippen LogP contribution in [0.25, 0.3) is 0 Å². The molecule has 0 aliphatic heterocycles. The maximum atomic E-state index is 9.83. The molecule has 0 spiro atoms. The summed E-state index contributed by atoms with van der Waals surface area (Å²) in [4.78, 5) is 10.3. The van der Waals surface area contributed by atoms with Gasteiger partial charge < -0.3 is 20.5 Å². The Balaban J connectivity index is 0.00000312. The van der Waals surface area contributed by atoms with Crippen LogP contribution in [-0.4, -0.2) is 29.7 Å². The van der Waals surface area contributed by atoms with Crippen molar-refractivity contribution in [2.75, 3.05) is 13.7 Å². The van der Waals surface area contributed by atoms with Gasteiger partial charge in [-0.1, -0.05) is 6.07 Å². The molecule has 1 heterocycles. The minimum Gasteiger partial charge on any atom is -0.504 e. The van der Waals surface area contributed by atoms with E-state index in [0.29, 0.717) is 18.8 Å². The lowest BCUT2D eigenvalue weighted by atomic mass is 10.2. The Hall–Kier alpha value is -1.55. The number of aliphatic imine (C=N–C) groups is 1. The number of nitrogens with one attached hydrogen (secondary N) is 2. The van der Waals surface area contributed by atoms with Crippen LogP contribution >= 0.6 is 35.3 Å². The van der Waals surface area contributed by atoms with Crippen molar-refractivity contribution in [1.82, 2.24) is 15.6 Å². The number of hydrogen-bond donors (Lipinski definition) is 3. The Kier molecular flexibility index (Phi) is 8.98. The summed E-state index contributed by atoms with van der Waals surface area (Å²) in [6.07, 6.45) is 0. The van der Waals surface area contributed by atoms with Gasteiger partial charge in [-0.15, -0.1) is 35.3 Å². The number of aromatic nitrogens is 1. The molecule has 0 saturated carbocycles. The van der Waals surface area contributed by atoms with Gasteiger partial charge >= 0.3 is 0 Å². The number of hydrogen-bond acceptors (Lipinski definition) is 5. The average molecular weight is 476 g/mol. The summed E-state index contributed by atoms with van der Waals surface area (Å²) in [5.41, 5.74) is 1.99. The summed E-state index contributed by atoms with van der Waals surface area (Å²) >= 11 is 1.69. The molecule has 0 amide bonds. The first-order chi connectivity index (χ1) is 11.5. The third kappa shape index (κ3) is 6.35. The summed E-state index contributed by atoms with van der Waals surface area (Å²) in [6, 6.07) is 5.29. The zero-order valence-electron chi connectivity index (χ0n) is 14.9. The van der Waals surface area contributed by atoms with E-state index in [1.54, 1.807) is 23.5 Å². The van der Waals surface area contributed by atoms with Crippen molar-refractivity contribution < 1.29 is 9.84 Å². The molecule has 0 bridgehead atoms. The maximum absolute atomic E-state index is 9.83. The van der Waals surface area contributed by atoms with Crippen molar-refractivity contribution in [1.29, 1.82) is 0 Å². The summed E-state index contributed by atoms with van der Waals surface area (Å²) in [5.74, 6) is 1.30. The van der Waals surface area contributed by atoms with Crippen molar-refractivity contribution in [3.05, 3.63) is 39.3 Å². The van der Waals surface area contributed by atoms with Gasteiger partial charge in [0.2, 0.25) is 0 Å². The molecule has 25 heavy (non-hydrogen) atoms. The highest BCUT2D eigenvalue weighted by Crippen LogP contribution is 2.26. The first-order valence-electron chi connectivity index (χ1n) is 7.84. The molecule has 0 aliphatic carbocycles. The van der Waals surface area contributed by atoms with Crippen LogP contribution in [0.1, 0.15) is 28.1 Å². The monoisotopic (exact) mass is 476 g/mol. The largest absolute Gasteiger partial charge is 0.504 e. The number of thiazole rings is 1. The first kappa shape index (κ1) is 21.5. The lowest BCUT2D eigenvalue weighted by Gasteiger charge is -2.10. The highest BCUT2D eigenvalue weighted by Gasteiger charge is 2.06. The number of halogens is 1. The van der Waals surface area contributed by atoms with Crippen LogP contribution in [0.2, 0.25) is 0 Å². The van der Waals surface area contributed by atoms with E-state index in [9.17, 15) is 5.11 Å². The molecule has 0 atom stereocenters. The van der Waals surface area contributed by atoms with Crippen molar-refractivity contribution in [2.24, 2.45) is 4.99 Å². The zero-order chi connectivity index (χ0) is 17.5. The SMILES string of the molecule is CCNC(=NCc1ccc(OC)c(O)c1)NCc1nc(C)c(C)s1.I. The first-order valence-corrected chi connectivity index (χ1v) is 8.66. The number of aromatic hydroxyl groups is 1. The van der Waals surface area contributed by atoms with Gasteiger partial charge in [0.1, 0.15) is 5.01 Å². The lowest BCUT2D eigenvalue weighted by Crippen LogP contribution is -2.36. The molecule has 138 valence electrons. The smallest absolute Gasteiger partial charge is 0.191 e. The molecule has 0 aliphatic rings. The third-order valence-electron chi connectivity index (χ3n) is 3.49. The van der Waals surface area contributed by atoms with Crippen molar-refractivity contribution in [2.45, 2.75) is 33.9 Å². The van der Waals surface area contributed by atoms with Crippen LogP contribution in [0.5, 0.6) is 11.5 Å². The molecule has 1 aromatic heterocycles. The molecule has 0 radical (unpaired) electrons. The van der Waals surface area contributed by atoms with Gasteiger partial charge in [-0.2, -0.15) is 0 Å². The Morgan fingerprint density at radius 2 is 2.08 bits per heavy atom. The molecular formula is C17H25IN4O2S. The molecule has 2 aromatic rings. The molecule has 0 fully saturated rings. The predicted molar refractivity (Wildman–Crippen MR) is 113 cm³/mol. The normalized spacial score (nSPS) is 11.0. The Labute approximate surface area is 169 Å². The molecule has 0 saturated heterocycles. The number of phenols is 1. The van der Waals surface area contributed by atoms with Crippen molar-refractivity contribution >= 4 is 41.3 Å². The fraction of sp³-hybridized carbons (Fsp3) is 0.412. The van der Waals surface area contributed by atoms with E-state index in [4.69, 9.17) is 4.74 Å². The predicted octanol–water partition coefficient (Wildman–Crippen LogP) is 3.35. The van der Waals surface area contributed by atoms with Gasteiger partial charge in [0, 0.05) is 11.4 Å². The lowest BCUT2D eigenvalue weighted by molar-refractivity contribution is 0.373. The molecule has 1 aromatic carbocycles. The van der Waals surface area contributed by atoms with Crippen LogP contribution in [-0.2, 0) is 13.1 Å². The van der Waals surface area contributed by atoms with Crippen LogP contribution < -0.4 is 15.4 Å². The summed E-state index contributed by atoms with van der Waals surface area (Å²) in [5, 5.41) is 17.4. The maximum Gasteiger partial charge on any atom is 0.191 e. The molecule has 2 rings (SSSR count). The summed E-state index contributed by atoms with van der Waals surface area (Å²) in [7, 11) is 1.53. The van der Waals surface area contributed by atoms with E-state index in [1.807, 2.05) is 19.9 Å².